The van der Waals surface area contributed by atoms with Gasteiger partial charge in [0.2, 0.25) is 0 Å². The molecule has 2 aromatic rings. The van der Waals surface area contributed by atoms with Crippen LogP contribution >= 0.6 is 0 Å². The molecule has 0 radical (unpaired) electrons. The van der Waals surface area contributed by atoms with Crippen molar-refractivity contribution in [3.05, 3.63) is 29.8 Å². The summed E-state index contributed by atoms with van der Waals surface area (Å²) in [7, 11) is 0. The third kappa shape index (κ3) is 3.84. The van der Waals surface area contributed by atoms with Gasteiger partial charge in [-0.1, -0.05) is 6.92 Å². The highest BCUT2D eigenvalue weighted by Gasteiger charge is 2.18. The molecule has 0 saturated carbocycles. The molecule has 0 fully saturated rings. The van der Waals surface area contributed by atoms with Crippen LogP contribution in [-0.2, 0) is 11.2 Å². The molecule has 6 nitrogen and oxygen atoms in total. The lowest BCUT2D eigenvalue weighted by Crippen LogP contribution is -2.27. The highest BCUT2D eigenvalue weighted by molar-refractivity contribution is 5.90. The van der Waals surface area contributed by atoms with E-state index < -0.39 is 11.7 Å². The summed E-state index contributed by atoms with van der Waals surface area (Å²) in [6, 6.07) is 1.72. The Labute approximate surface area is 130 Å². The van der Waals surface area contributed by atoms with Crippen molar-refractivity contribution in [1.29, 1.82) is 0 Å². The Morgan fingerprint density at radius 2 is 2.14 bits per heavy atom. The number of pyridine rings is 1. The molecule has 22 heavy (non-hydrogen) atoms. The number of imidazole rings is 1. The lowest BCUT2D eigenvalue weighted by molar-refractivity contribution is 0.0636. The smallest absolute Gasteiger partial charge is 0.412 e. The van der Waals surface area contributed by atoms with Gasteiger partial charge in [-0.2, -0.15) is 0 Å². The summed E-state index contributed by atoms with van der Waals surface area (Å²) in [6.07, 6.45) is 3.63. The first-order chi connectivity index (χ1) is 10.3. The van der Waals surface area contributed by atoms with Gasteiger partial charge >= 0.3 is 6.09 Å². The Morgan fingerprint density at radius 1 is 1.41 bits per heavy atom. The molecule has 2 heterocycles. The molecule has 2 aromatic heterocycles. The Hall–Kier alpha value is -2.37. The predicted octanol–water partition coefficient (Wildman–Crippen LogP) is 3.69. The maximum absolute atomic E-state index is 12.0. The van der Waals surface area contributed by atoms with Crippen LogP contribution in [0.4, 0.5) is 10.5 Å². The van der Waals surface area contributed by atoms with Crippen LogP contribution in [0.5, 0.6) is 0 Å². The van der Waals surface area contributed by atoms with Gasteiger partial charge in [-0.3, -0.25) is 10.3 Å². The van der Waals surface area contributed by atoms with E-state index >= 15 is 0 Å². The summed E-state index contributed by atoms with van der Waals surface area (Å²) in [5.74, 6) is 0.688. The molecule has 0 aliphatic heterocycles. The highest BCUT2D eigenvalue weighted by atomic mass is 16.6. The van der Waals surface area contributed by atoms with E-state index in [1.54, 1.807) is 18.5 Å². The summed E-state index contributed by atoms with van der Waals surface area (Å²) in [4.78, 5) is 23.9. The number of carbonyl (C=O) groups is 1. The number of hydrogen-bond acceptors (Lipinski definition) is 4. The summed E-state index contributed by atoms with van der Waals surface area (Å²) in [5.41, 5.74) is 2.82. The number of aryl methyl sites for hydroxylation is 2. The first kappa shape index (κ1) is 16.0. The molecule has 2 rings (SSSR count). The average Bonchev–Trinajstić information content (AvgIpc) is 2.78. The molecule has 0 spiro atoms. The number of aromatic nitrogens is 3. The third-order valence-corrected chi connectivity index (χ3v) is 3.03. The fourth-order valence-electron chi connectivity index (χ4n) is 2.07. The van der Waals surface area contributed by atoms with E-state index in [4.69, 9.17) is 4.74 Å². The first-order valence-electron chi connectivity index (χ1n) is 7.30. The molecule has 0 bridgehead atoms. The van der Waals surface area contributed by atoms with E-state index in [-0.39, 0.29) is 0 Å². The normalized spacial score (nSPS) is 11.3. The number of H-pyrrole nitrogens is 1. The van der Waals surface area contributed by atoms with E-state index in [2.05, 4.69) is 27.2 Å². The quantitative estimate of drug-likeness (QED) is 0.906. The minimum Gasteiger partial charge on any atom is -0.444 e. The van der Waals surface area contributed by atoms with Crippen LogP contribution < -0.4 is 5.32 Å². The summed E-state index contributed by atoms with van der Waals surface area (Å²) in [6.45, 7) is 9.50. The molecule has 0 aromatic carbocycles. The Bertz CT molecular complexity index is 671. The van der Waals surface area contributed by atoms with Crippen molar-refractivity contribution >= 4 is 11.8 Å². The van der Waals surface area contributed by atoms with Crippen LogP contribution in [0.3, 0.4) is 0 Å². The highest BCUT2D eigenvalue weighted by Crippen LogP contribution is 2.26. The topological polar surface area (TPSA) is 79.9 Å². The van der Waals surface area contributed by atoms with Crippen molar-refractivity contribution in [2.75, 3.05) is 5.32 Å². The van der Waals surface area contributed by atoms with Crippen LogP contribution in [-0.4, -0.2) is 26.6 Å². The van der Waals surface area contributed by atoms with Gasteiger partial charge in [0.1, 0.15) is 11.4 Å². The van der Waals surface area contributed by atoms with E-state index in [1.165, 1.54) is 0 Å². The van der Waals surface area contributed by atoms with E-state index in [1.807, 2.05) is 27.7 Å². The average molecular weight is 302 g/mol. The van der Waals surface area contributed by atoms with Gasteiger partial charge in [-0.15, -0.1) is 0 Å². The van der Waals surface area contributed by atoms with Crippen LogP contribution in [0.2, 0.25) is 0 Å². The molecule has 6 heteroatoms. The van der Waals surface area contributed by atoms with Crippen molar-refractivity contribution in [3.8, 4) is 11.4 Å². The first-order valence-corrected chi connectivity index (χ1v) is 7.30. The molecular formula is C16H22N4O2. The van der Waals surface area contributed by atoms with E-state index in [0.29, 0.717) is 11.5 Å². The molecule has 0 saturated heterocycles. The van der Waals surface area contributed by atoms with Gasteiger partial charge in [0.25, 0.3) is 0 Å². The zero-order chi connectivity index (χ0) is 16.3. The minimum absolute atomic E-state index is 0.501. The summed E-state index contributed by atoms with van der Waals surface area (Å²) < 4.78 is 5.28. The van der Waals surface area contributed by atoms with Gasteiger partial charge in [-0.25, -0.2) is 9.78 Å². The third-order valence-electron chi connectivity index (χ3n) is 3.03. The van der Waals surface area contributed by atoms with Gasteiger partial charge in [0, 0.05) is 18.1 Å². The Balaban J connectivity index is 2.28. The van der Waals surface area contributed by atoms with Crippen molar-refractivity contribution < 1.29 is 9.53 Å². The second-order valence-electron chi connectivity index (χ2n) is 6.06. The maximum atomic E-state index is 12.0. The van der Waals surface area contributed by atoms with Crippen molar-refractivity contribution in [2.45, 2.75) is 46.6 Å². The number of hydrogen-bond donors (Lipinski definition) is 2. The van der Waals surface area contributed by atoms with Crippen LogP contribution in [0.15, 0.2) is 18.5 Å². The number of nitrogens with zero attached hydrogens (tertiary/aromatic N) is 2. The lowest BCUT2D eigenvalue weighted by atomic mass is 10.2. The number of anilines is 1. The lowest BCUT2D eigenvalue weighted by Gasteiger charge is -2.20. The fourth-order valence-corrected chi connectivity index (χ4v) is 2.07. The van der Waals surface area contributed by atoms with E-state index in [0.717, 1.165) is 23.4 Å². The molecule has 0 aliphatic carbocycles. The van der Waals surface area contributed by atoms with Gasteiger partial charge in [0.15, 0.2) is 0 Å². The fraction of sp³-hybridized carbons (Fsp3) is 0.438. The largest absolute Gasteiger partial charge is 0.444 e. The van der Waals surface area contributed by atoms with Crippen molar-refractivity contribution in [1.82, 2.24) is 15.0 Å². The molecule has 0 aliphatic rings. The number of carbonyl (C=O) groups excluding carboxylic acids is 1. The molecular weight excluding hydrogens is 280 g/mol. The van der Waals surface area contributed by atoms with Crippen LogP contribution in [0, 0.1) is 6.92 Å². The van der Waals surface area contributed by atoms with Gasteiger partial charge in [0.05, 0.1) is 16.9 Å². The summed E-state index contributed by atoms with van der Waals surface area (Å²) >= 11 is 0. The Kier molecular flexibility index (Phi) is 4.49. The number of rotatable bonds is 3. The van der Waals surface area contributed by atoms with Crippen molar-refractivity contribution in [2.24, 2.45) is 0 Å². The molecule has 2 N–H and O–H groups in total. The SMILES string of the molecule is CCc1nc(-c2cnccc2NC(=O)OC(C)(C)C)[nH]c1C. The zero-order valence-corrected chi connectivity index (χ0v) is 13.7. The Morgan fingerprint density at radius 3 is 2.73 bits per heavy atom. The second-order valence-corrected chi connectivity index (χ2v) is 6.06. The summed E-state index contributed by atoms with van der Waals surface area (Å²) in [5, 5.41) is 2.75. The molecule has 0 atom stereocenters. The van der Waals surface area contributed by atoms with Crippen LogP contribution in [0.25, 0.3) is 11.4 Å². The number of ether oxygens (including phenoxy) is 1. The number of nitrogens with one attached hydrogen (secondary N) is 2. The zero-order valence-electron chi connectivity index (χ0n) is 13.7. The van der Waals surface area contributed by atoms with Gasteiger partial charge < -0.3 is 9.72 Å². The standard InChI is InChI=1S/C16H22N4O2/c1-6-12-10(2)18-14(19-12)11-9-17-8-7-13(11)20-15(21)22-16(3,4)5/h7-9H,6H2,1-5H3,(H,18,19)(H,17,20,21). The molecule has 1 amide bonds. The van der Waals surface area contributed by atoms with Crippen LogP contribution in [0.1, 0.15) is 39.1 Å². The maximum Gasteiger partial charge on any atom is 0.412 e. The molecule has 118 valence electrons. The number of aromatic amines is 1. The van der Waals surface area contributed by atoms with Crippen molar-refractivity contribution in [3.63, 3.8) is 0 Å². The monoisotopic (exact) mass is 302 g/mol. The second kappa shape index (κ2) is 6.17. The number of amides is 1. The van der Waals surface area contributed by atoms with Gasteiger partial charge in [-0.05, 0) is 40.2 Å². The minimum atomic E-state index is -0.548. The van der Waals surface area contributed by atoms with E-state index in [9.17, 15) is 4.79 Å². The predicted molar refractivity (Wildman–Crippen MR) is 85.8 cm³/mol. The molecule has 0 unspecified atom stereocenters.